The first-order valence-electron chi connectivity index (χ1n) is 5.88. The number of fused-ring (bicyclic) bond motifs is 1. The lowest BCUT2D eigenvalue weighted by Crippen LogP contribution is -1.91. The van der Waals surface area contributed by atoms with E-state index in [1.54, 1.807) is 0 Å². The van der Waals surface area contributed by atoms with Gasteiger partial charge in [0.15, 0.2) is 5.58 Å². The topological polar surface area (TPSA) is 52.0 Å². The number of aromatic nitrogens is 1. The molecule has 1 aromatic heterocycles. The van der Waals surface area contributed by atoms with Gasteiger partial charge in [0, 0.05) is 16.8 Å². The van der Waals surface area contributed by atoms with Gasteiger partial charge in [0.05, 0.1) is 0 Å². The van der Waals surface area contributed by atoms with Crippen molar-refractivity contribution in [1.29, 1.82) is 0 Å². The van der Waals surface area contributed by atoms with Crippen molar-refractivity contribution in [2.24, 2.45) is 0 Å². The Morgan fingerprint density at radius 2 is 1.83 bits per heavy atom. The van der Waals surface area contributed by atoms with Crippen molar-refractivity contribution in [3.8, 4) is 11.5 Å². The molecule has 0 aliphatic rings. The van der Waals surface area contributed by atoms with Crippen LogP contribution in [0.2, 0.25) is 0 Å². The van der Waals surface area contributed by atoms with Crippen LogP contribution in [0.3, 0.4) is 0 Å². The Kier molecular flexibility index (Phi) is 2.33. The minimum Gasteiger partial charge on any atom is -0.436 e. The Morgan fingerprint density at radius 3 is 2.56 bits per heavy atom. The number of nitrogens with two attached hydrogens (primary N) is 1. The number of oxazole rings is 1. The predicted molar refractivity (Wildman–Crippen MR) is 73.3 cm³/mol. The molecule has 2 aromatic carbocycles. The van der Waals surface area contributed by atoms with Crippen LogP contribution >= 0.6 is 0 Å². The van der Waals surface area contributed by atoms with Crippen LogP contribution < -0.4 is 5.73 Å². The van der Waals surface area contributed by atoms with Crippen LogP contribution in [0.4, 0.5) is 5.69 Å². The van der Waals surface area contributed by atoms with Crippen LogP contribution in [0.5, 0.6) is 0 Å². The second-order valence-electron chi connectivity index (χ2n) is 4.47. The van der Waals surface area contributed by atoms with Gasteiger partial charge in [-0.3, -0.25) is 0 Å². The number of nitrogens with zero attached hydrogens (tertiary/aromatic N) is 1. The van der Waals surface area contributed by atoms with E-state index in [-0.39, 0.29) is 0 Å². The highest BCUT2D eigenvalue weighted by Crippen LogP contribution is 2.31. The zero-order valence-corrected chi connectivity index (χ0v) is 10.4. The van der Waals surface area contributed by atoms with Gasteiger partial charge in [-0.2, -0.15) is 0 Å². The summed E-state index contributed by atoms with van der Waals surface area (Å²) in [4.78, 5) is 4.56. The Labute approximate surface area is 105 Å². The SMILES string of the molecule is Cc1c(N)cc(C)c2oc(-c3ccccc3)nc12. The molecule has 0 aliphatic carbocycles. The summed E-state index contributed by atoms with van der Waals surface area (Å²) in [5.41, 5.74) is 11.4. The molecule has 18 heavy (non-hydrogen) atoms. The lowest BCUT2D eigenvalue weighted by Gasteiger charge is -2.01. The first-order valence-corrected chi connectivity index (χ1v) is 5.88. The maximum Gasteiger partial charge on any atom is 0.227 e. The third-order valence-electron chi connectivity index (χ3n) is 3.17. The van der Waals surface area contributed by atoms with Crippen molar-refractivity contribution in [2.75, 3.05) is 5.73 Å². The van der Waals surface area contributed by atoms with E-state index in [4.69, 9.17) is 10.2 Å². The van der Waals surface area contributed by atoms with Crippen LogP contribution in [-0.4, -0.2) is 4.98 Å². The van der Waals surface area contributed by atoms with Gasteiger partial charge in [0.25, 0.3) is 0 Å². The summed E-state index contributed by atoms with van der Waals surface area (Å²) >= 11 is 0. The maximum atomic E-state index is 5.95. The molecule has 0 bridgehead atoms. The highest BCUT2D eigenvalue weighted by atomic mass is 16.3. The largest absolute Gasteiger partial charge is 0.436 e. The van der Waals surface area contributed by atoms with Crippen LogP contribution in [-0.2, 0) is 0 Å². The fraction of sp³-hybridized carbons (Fsp3) is 0.133. The van der Waals surface area contributed by atoms with Crippen molar-refractivity contribution in [3.05, 3.63) is 47.5 Å². The molecule has 3 rings (SSSR count). The summed E-state index contributed by atoms with van der Waals surface area (Å²) in [6.45, 7) is 3.95. The Morgan fingerprint density at radius 1 is 1.11 bits per heavy atom. The molecule has 1 heterocycles. The molecule has 0 saturated heterocycles. The fourth-order valence-corrected chi connectivity index (χ4v) is 2.09. The molecule has 0 saturated carbocycles. The lowest BCUT2D eigenvalue weighted by atomic mass is 10.1. The summed E-state index contributed by atoms with van der Waals surface area (Å²) in [5, 5.41) is 0. The average Bonchev–Trinajstić information content (AvgIpc) is 2.83. The number of benzene rings is 2. The molecule has 0 atom stereocenters. The summed E-state index contributed by atoms with van der Waals surface area (Å²) in [6, 6.07) is 11.8. The van der Waals surface area contributed by atoms with Gasteiger partial charge in [-0.25, -0.2) is 4.98 Å². The molecule has 3 heteroatoms. The van der Waals surface area contributed by atoms with Crippen LogP contribution in [0.1, 0.15) is 11.1 Å². The summed E-state index contributed by atoms with van der Waals surface area (Å²) in [6.07, 6.45) is 0. The molecular weight excluding hydrogens is 224 g/mol. The van der Waals surface area contributed by atoms with Gasteiger partial charge in [0.1, 0.15) is 5.52 Å². The van der Waals surface area contributed by atoms with Gasteiger partial charge in [-0.05, 0) is 37.6 Å². The number of rotatable bonds is 1. The van der Waals surface area contributed by atoms with E-state index in [2.05, 4.69) is 4.98 Å². The number of aryl methyl sites for hydroxylation is 2. The predicted octanol–water partition coefficient (Wildman–Crippen LogP) is 3.69. The fourth-order valence-electron chi connectivity index (χ4n) is 2.09. The third-order valence-corrected chi connectivity index (χ3v) is 3.17. The maximum absolute atomic E-state index is 5.95. The minimum atomic E-state index is 0.641. The van der Waals surface area contributed by atoms with Crippen molar-refractivity contribution < 1.29 is 4.42 Å². The van der Waals surface area contributed by atoms with Gasteiger partial charge >= 0.3 is 0 Å². The van der Waals surface area contributed by atoms with Crippen molar-refractivity contribution in [3.63, 3.8) is 0 Å². The summed E-state index contributed by atoms with van der Waals surface area (Å²) in [7, 11) is 0. The molecular formula is C15H14N2O. The second kappa shape index (κ2) is 3.88. The van der Waals surface area contributed by atoms with Crippen molar-refractivity contribution >= 4 is 16.8 Å². The van der Waals surface area contributed by atoms with E-state index >= 15 is 0 Å². The first-order chi connectivity index (χ1) is 8.66. The number of nitrogen functional groups attached to an aromatic ring is 1. The Bertz CT molecular complexity index is 714. The molecule has 3 nitrogen and oxygen atoms in total. The molecule has 0 amide bonds. The first kappa shape index (κ1) is 10.8. The molecule has 90 valence electrons. The van der Waals surface area contributed by atoms with Crippen molar-refractivity contribution in [1.82, 2.24) is 4.98 Å². The molecule has 0 fully saturated rings. The van der Waals surface area contributed by atoms with E-state index in [9.17, 15) is 0 Å². The van der Waals surface area contributed by atoms with Gasteiger partial charge in [-0.1, -0.05) is 18.2 Å². The third kappa shape index (κ3) is 1.56. The molecule has 2 N–H and O–H groups in total. The molecule has 0 radical (unpaired) electrons. The minimum absolute atomic E-state index is 0.641. The van der Waals surface area contributed by atoms with Crippen LogP contribution in [0.25, 0.3) is 22.6 Å². The quantitative estimate of drug-likeness (QED) is 0.658. The molecule has 0 spiro atoms. The van der Waals surface area contributed by atoms with E-state index < -0.39 is 0 Å². The number of anilines is 1. The zero-order valence-electron chi connectivity index (χ0n) is 10.4. The highest BCUT2D eigenvalue weighted by molar-refractivity contribution is 5.86. The van der Waals surface area contributed by atoms with Crippen LogP contribution in [0, 0.1) is 13.8 Å². The van der Waals surface area contributed by atoms with Gasteiger partial charge in [0.2, 0.25) is 5.89 Å². The smallest absolute Gasteiger partial charge is 0.227 e. The Hall–Kier alpha value is -2.29. The number of hydrogen-bond donors (Lipinski definition) is 1. The van der Waals surface area contributed by atoms with E-state index in [0.29, 0.717) is 5.89 Å². The lowest BCUT2D eigenvalue weighted by molar-refractivity contribution is 0.617. The monoisotopic (exact) mass is 238 g/mol. The van der Waals surface area contributed by atoms with Gasteiger partial charge in [-0.15, -0.1) is 0 Å². The van der Waals surface area contributed by atoms with E-state index in [1.165, 1.54) is 0 Å². The Balaban J connectivity index is 2.29. The zero-order chi connectivity index (χ0) is 12.7. The van der Waals surface area contributed by atoms with E-state index in [0.717, 1.165) is 33.5 Å². The van der Waals surface area contributed by atoms with Gasteiger partial charge < -0.3 is 10.2 Å². The summed E-state index contributed by atoms with van der Waals surface area (Å²) < 4.78 is 5.85. The normalized spacial score (nSPS) is 11.0. The standard InChI is InChI=1S/C15H14N2O/c1-9-8-12(16)10(2)13-14(9)18-15(17-13)11-6-4-3-5-7-11/h3-8H,16H2,1-2H3. The molecule has 3 aromatic rings. The molecule has 0 unspecified atom stereocenters. The van der Waals surface area contributed by atoms with Crippen LogP contribution in [0.15, 0.2) is 40.8 Å². The van der Waals surface area contributed by atoms with Crippen molar-refractivity contribution in [2.45, 2.75) is 13.8 Å². The highest BCUT2D eigenvalue weighted by Gasteiger charge is 2.13. The van der Waals surface area contributed by atoms with E-state index in [1.807, 2.05) is 50.2 Å². The number of hydrogen-bond acceptors (Lipinski definition) is 3. The molecule has 0 aliphatic heterocycles. The summed E-state index contributed by atoms with van der Waals surface area (Å²) in [5.74, 6) is 0.641. The average molecular weight is 238 g/mol. The second-order valence-corrected chi connectivity index (χ2v) is 4.47.